The lowest BCUT2D eigenvalue weighted by molar-refractivity contribution is 0.0745. The molecule has 118 valence electrons. The molecule has 3 aromatic carbocycles. The van der Waals surface area contributed by atoms with Crippen molar-refractivity contribution < 1.29 is 14.7 Å². The summed E-state index contributed by atoms with van der Waals surface area (Å²) < 4.78 is 0. The van der Waals surface area contributed by atoms with Crippen LogP contribution in [0.3, 0.4) is 0 Å². The fraction of sp³-hybridized carbons (Fsp3) is 0.0476. The highest BCUT2D eigenvalue weighted by atomic mass is 16.3. The normalized spacial score (nSPS) is 11.7. The van der Waals surface area contributed by atoms with Gasteiger partial charge in [-0.1, -0.05) is 78.9 Å². The van der Waals surface area contributed by atoms with E-state index in [9.17, 15) is 14.7 Å². The summed E-state index contributed by atoms with van der Waals surface area (Å²) in [5, 5.41) is 10.4. The van der Waals surface area contributed by atoms with Gasteiger partial charge in [-0.3, -0.25) is 9.59 Å². The lowest BCUT2D eigenvalue weighted by Crippen LogP contribution is -2.14. The van der Waals surface area contributed by atoms with Crippen molar-refractivity contribution in [2.75, 3.05) is 0 Å². The van der Waals surface area contributed by atoms with Crippen LogP contribution >= 0.6 is 0 Å². The number of carbonyl (C=O) groups is 2. The van der Waals surface area contributed by atoms with Gasteiger partial charge in [-0.2, -0.15) is 0 Å². The van der Waals surface area contributed by atoms with E-state index in [4.69, 9.17) is 0 Å². The Balaban J connectivity index is 2.05. The molecule has 0 heterocycles. The summed E-state index contributed by atoms with van der Waals surface area (Å²) in [7, 11) is 0. The first-order valence-electron chi connectivity index (χ1n) is 7.63. The van der Waals surface area contributed by atoms with Crippen molar-refractivity contribution in [1.29, 1.82) is 0 Å². The molecule has 0 aromatic heterocycles. The van der Waals surface area contributed by atoms with Crippen LogP contribution in [-0.4, -0.2) is 17.2 Å². The van der Waals surface area contributed by atoms with Crippen LogP contribution in [0.25, 0.3) is 11.1 Å². The fourth-order valence-corrected chi connectivity index (χ4v) is 2.71. The van der Waals surface area contributed by atoms with E-state index in [0.29, 0.717) is 23.0 Å². The molecule has 0 saturated heterocycles. The summed E-state index contributed by atoms with van der Waals surface area (Å²) in [6.07, 6.45) is -0.622. The Morgan fingerprint density at radius 3 is 2.08 bits per heavy atom. The zero-order valence-electron chi connectivity index (χ0n) is 12.9. The first kappa shape index (κ1) is 15.8. The molecule has 0 amide bonds. The van der Waals surface area contributed by atoms with Crippen LogP contribution in [0.15, 0.2) is 78.9 Å². The van der Waals surface area contributed by atoms with Crippen LogP contribution in [0.1, 0.15) is 32.4 Å². The third-order valence-corrected chi connectivity index (χ3v) is 3.94. The maximum Gasteiger partial charge on any atom is 0.196 e. The first-order chi connectivity index (χ1) is 11.7. The molecule has 24 heavy (non-hydrogen) atoms. The van der Waals surface area contributed by atoms with Gasteiger partial charge in [-0.25, -0.2) is 0 Å². The minimum absolute atomic E-state index is 0.225. The Hall–Kier alpha value is -3.04. The van der Waals surface area contributed by atoms with Gasteiger partial charge in [-0.05, 0) is 16.7 Å². The van der Waals surface area contributed by atoms with Crippen molar-refractivity contribution in [1.82, 2.24) is 0 Å². The molecule has 0 aliphatic carbocycles. The van der Waals surface area contributed by atoms with E-state index in [1.807, 2.05) is 36.4 Å². The summed E-state index contributed by atoms with van der Waals surface area (Å²) in [6, 6.07) is 23.2. The van der Waals surface area contributed by atoms with E-state index in [-0.39, 0.29) is 5.56 Å². The number of rotatable bonds is 5. The molecule has 0 fully saturated rings. The van der Waals surface area contributed by atoms with Crippen LogP contribution in [0.5, 0.6) is 0 Å². The minimum atomic E-state index is -1.30. The number of ketones is 1. The summed E-state index contributed by atoms with van der Waals surface area (Å²) in [5.74, 6) is -0.485. The van der Waals surface area contributed by atoms with Gasteiger partial charge in [0, 0.05) is 11.1 Å². The van der Waals surface area contributed by atoms with Crippen LogP contribution in [0.2, 0.25) is 0 Å². The predicted molar refractivity (Wildman–Crippen MR) is 93.0 cm³/mol. The third-order valence-electron chi connectivity index (χ3n) is 3.94. The van der Waals surface area contributed by atoms with Gasteiger partial charge in [-0.15, -0.1) is 0 Å². The summed E-state index contributed by atoms with van der Waals surface area (Å²) in [6.45, 7) is 0. The number of Topliss-reactive ketones (excluding diaryl/α,β-unsaturated/α-hetero) is 1. The second-order valence-electron chi connectivity index (χ2n) is 5.43. The monoisotopic (exact) mass is 316 g/mol. The minimum Gasteiger partial charge on any atom is -0.380 e. The van der Waals surface area contributed by atoms with Crippen LogP contribution < -0.4 is 0 Å². The molecule has 3 aromatic rings. The Morgan fingerprint density at radius 2 is 1.46 bits per heavy atom. The average Bonchev–Trinajstić information content (AvgIpc) is 2.67. The number of carbonyl (C=O) groups excluding carboxylic acids is 2. The van der Waals surface area contributed by atoms with Crippen molar-refractivity contribution in [2.45, 2.75) is 6.10 Å². The van der Waals surface area contributed by atoms with Gasteiger partial charge in [0.15, 0.2) is 12.1 Å². The number of benzene rings is 3. The second kappa shape index (κ2) is 7.02. The Labute approximate surface area is 140 Å². The van der Waals surface area contributed by atoms with Gasteiger partial charge in [0.05, 0.1) is 0 Å². The number of hydrogen-bond acceptors (Lipinski definition) is 3. The van der Waals surface area contributed by atoms with E-state index >= 15 is 0 Å². The van der Waals surface area contributed by atoms with E-state index in [0.717, 1.165) is 5.56 Å². The smallest absolute Gasteiger partial charge is 0.196 e. The van der Waals surface area contributed by atoms with Crippen molar-refractivity contribution in [3.63, 3.8) is 0 Å². The van der Waals surface area contributed by atoms with Gasteiger partial charge in [0.25, 0.3) is 0 Å². The number of hydrogen-bond donors (Lipinski definition) is 1. The average molecular weight is 316 g/mol. The largest absolute Gasteiger partial charge is 0.380 e. The molecular weight excluding hydrogens is 300 g/mol. The standard InChI is InChI=1S/C21H16O3/c22-14-19-17(15-8-3-1-4-9-15)12-7-13-18(19)21(24)20(23)16-10-5-2-6-11-16/h1-14,20,23H. The van der Waals surface area contributed by atoms with Gasteiger partial charge in [0.2, 0.25) is 0 Å². The topological polar surface area (TPSA) is 54.4 Å². The van der Waals surface area contributed by atoms with Gasteiger partial charge >= 0.3 is 0 Å². The lowest BCUT2D eigenvalue weighted by atomic mass is 9.91. The summed E-state index contributed by atoms with van der Waals surface area (Å²) in [4.78, 5) is 24.4. The highest BCUT2D eigenvalue weighted by Gasteiger charge is 2.23. The molecule has 0 aliphatic heterocycles. The van der Waals surface area contributed by atoms with Crippen LogP contribution in [0, 0.1) is 0 Å². The number of aliphatic hydroxyl groups is 1. The lowest BCUT2D eigenvalue weighted by Gasteiger charge is -2.14. The number of aliphatic hydroxyl groups excluding tert-OH is 1. The molecule has 3 nitrogen and oxygen atoms in total. The fourth-order valence-electron chi connectivity index (χ4n) is 2.71. The number of aldehydes is 1. The summed E-state index contributed by atoms with van der Waals surface area (Å²) in [5.41, 5.74) is 2.55. The second-order valence-corrected chi connectivity index (χ2v) is 5.43. The molecule has 1 N–H and O–H groups in total. The van der Waals surface area contributed by atoms with E-state index in [1.165, 1.54) is 0 Å². The van der Waals surface area contributed by atoms with Gasteiger partial charge in [0.1, 0.15) is 6.10 Å². The van der Waals surface area contributed by atoms with Crippen molar-refractivity contribution in [2.24, 2.45) is 0 Å². The molecule has 3 rings (SSSR count). The Morgan fingerprint density at radius 1 is 0.833 bits per heavy atom. The third kappa shape index (κ3) is 3.03. The molecule has 0 aliphatic rings. The Kier molecular flexibility index (Phi) is 4.64. The maximum absolute atomic E-state index is 12.7. The SMILES string of the molecule is O=Cc1c(C(=O)C(O)c2ccccc2)cccc1-c1ccccc1. The molecule has 1 unspecified atom stereocenters. The van der Waals surface area contributed by atoms with Crippen LogP contribution in [0.4, 0.5) is 0 Å². The zero-order valence-corrected chi connectivity index (χ0v) is 12.9. The molecule has 0 saturated carbocycles. The zero-order chi connectivity index (χ0) is 16.9. The highest BCUT2D eigenvalue weighted by molar-refractivity contribution is 6.08. The maximum atomic E-state index is 12.7. The summed E-state index contributed by atoms with van der Waals surface area (Å²) >= 11 is 0. The van der Waals surface area contributed by atoms with E-state index < -0.39 is 11.9 Å². The van der Waals surface area contributed by atoms with Crippen molar-refractivity contribution in [3.8, 4) is 11.1 Å². The molecule has 0 radical (unpaired) electrons. The van der Waals surface area contributed by atoms with Gasteiger partial charge < -0.3 is 5.11 Å². The van der Waals surface area contributed by atoms with Crippen molar-refractivity contribution in [3.05, 3.63) is 95.6 Å². The van der Waals surface area contributed by atoms with E-state index in [2.05, 4.69) is 0 Å². The Bertz CT molecular complexity index is 855. The predicted octanol–water partition coefficient (Wildman–Crippen LogP) is 4.08. The van der Waals surface area contributed by atoms with E-state index in [1.54, 1.807) is 42.5 Å². The molecule has 0 bridgehead atoms. The van der Waals surface area contributed by atoms with Crippen LogP contribution in [-0.2, 0) is 0 Å². The first-order valence-corrected chi connectivity index (χ1v) is 7.63. The molecule has 0 spiro atoms. The molecule has 1 atom stereocenters. The highest BCUT2D eigenvalue weighted by Crippen LogP contribution is 2.28. The van der Waals surface area contributed by atoms with Crippen molar-refractivity contribution >= 4 is 12.1 Å². The molecule has 3 heteroatoms. The quantitative estimate of drug-likeness (QED) is 0.570. The molecular formula is C21H16O3.